The fourth-order valence-electron chi connectivity index (χ4n) is 1.96. The Kier molecular flexibility index (Phi) is 5.17. The standard InChI is InChI=1S/C10H12Br2ClNO2S2/c11-7-2-1-6(3-7)5-14-18(15,16)9-4-8(13)10(12)17-9/h4,6-7,14H,1-3,5H2. The van der Waals surface area contributed by atoms with Crippen LogP contribution < -0.4 is 4.72 Å². The van der Waals surface area contributed by atoms with Gasteiger partial charge in [0.05, 0.1) is 8.81 Å². The minimum atomic E-state index is -3.43. The zero-order chi connectivity index (χ0) is 13.3. The molecule has 3 nitrogen and oxygen atoms in total. The first-order chi connectivity index (χ1) is 8.38. The van der Waals surface area contributed by atoms with Crippen LogP contribution in [0.25, 0.3) is 0 Å². The summed E-state index contributed by atoms with van der Waals surface area (Å²) in [5.74, 6) is 0.419. The lowest BCUT2D eigenvalue weighted by atomic mass is 10.1. The van der Waals surface area contributed by atoms with Gasteiger partial charge in [-0.05, 0) is 47.2 Å². The topological polar surface area (TPSA) is 46.2 Å². The Morgan fingerprint density at radius 3 is 2.72 bits per heavy atom. The van der Waals surface area contributed by atoms with Gasteiger partial charge in [-0.3, -0.25) is 0 Å². The summed E-state index contributed by atoms with van der Waals surface area (Å²) in [5, 5.41) is 0.432. The van der Waals surface area contributed by atoms with E-state index in [9.17, 15) is 8.42 Å². The van der Waals surface area contributed by atoms with Gasteiger partial charge in [0, 0.05) is 11.4 Å². The second kappa shape index (κ2) is 6.10. The number of hydrogen-bond donors (Lipinski definition) is 1. The second-order valence-electron chi connectivity index (χ2n) is 4.32. The van der Waals surface area contributed by atoms with Crippen LogP contribution in [0.1, 0.15) is 19.3 Å². The molecular weight excluding hydrogens is 426 g/mol. The van der Waals surface area contributed by atoms with E-state index in [2.05, 4.69) is 36.6 Å². The number of halogens is 3. The molecule has 1 aliphatic carbocycles. The Bertz CT molecular complexity index is 512. The van der Waals surface area contributed by atoms with Crippen molar-refractivity contribution in [2.75, 3.05) is 6.54 Å². The van der Waals surface area contributed by atoms with Crippen LogP contribution >= 0.6 is 54.8 Å². The number of thiophene rings is 1. The van der Waals surface area contributed by atoms with E-state index < -0.39 is 10.0 Å². The van der Waals surface area contributed by atoms with Gasteiger partial charge >= 0.3 is 0 Å². The first-order valence-electron chi connectivity index (χ1n) is 5.47. The predicted octanol–water partition coefficient (Wildman–Crippen LogP) is 4.01. The van der Waals surface area contributed by atoms with Crippen molar-refractivity contribution in [1.82, 2.24) is 4.72 Å². The van der Waals surface area contributed by atoms with Gasteiger partial charge in [-0.25, -0.2) is 13.1 Å². The minimum absolute atomic E-state index is 0.257. The molecule has 2 atom stereocenters. The second-order valence-corrected chi connectivity index (χ2v) is 10.4. The quantitative estimate of drug-likeness (QED) is 0.724. The van der Waals surface area contributed by atoms with E-state index in [1.54, 1.807) is 0 Å². The molecule has 0 amide bonds. The van der Waals surface area contributed by atoms with E-state index in [0.29, 0.717) is 26.1 Å². The summed E-state index contributed by atoms with van der Waals surface area (Å²) in [4.78, 5) is 0.525. The van der Waals surface area contributed by atoms with Gasteiger partial charge in [0.25, 0.3) is 0 Å². The van der Waals surface area contributed by atoms with Crippen molar-refractivity contribution >= 4 is 64.8 Å². The minimum Gasteiger partial charge on any atom is -0.210 e. The first-order valence-corrected chi connectivity index (χ1v) is 9.85. The van der Waals surface area contributed by atoms with Crippen LogP contribution in [-0.2, 0) is 10.0 Å². The lowest BCUT2D eigenvalue weighted by molar-refractivity contribution is 0.521. The van der Waals surface area contributed by atoms with Crippen molar-refractivity contribution in [2.45, 2.75) is 28.3 Å². The molecule has 1 aliphatic rings. The molecule has 0 saturated heterocycles. The highest BCUT2D eigenvalue weighted by Crippen LogP contribution is 2.35. The molecular formula is C10H12Br2ClNO2S2. The molecule has 1 N–H and O–H groups in total. The zero-order valence-electron chi connectivity index (χ0n) is 9.33. The van der Waals surface area contributed by atoms with Crippen molar-refractivity contribution in [3.05, 3.63) is 14.9 Å². The van der Waals surface area contributed by atoms with E-state index in [1.165, 1.54) is 6.07 Å². The Balaban J connectivity index is 1.99. The van der Waals surface area contributed by atoms with Crippen molar-refractivity contribution in [3.63, 3.8) is 0 Å². The SMILES string of the molecule is O=S(=O)(NCC1CCC(Br)C1)c1cc(Cl)c(Br)s1. The molecule has 1 fully saturated rings. The molecule has 1 aromatic heterocycles. The van der Waals surface area contributed by atoms with Crippen molar-refractivity contribution < 1.29 is 8.42 Å². The molecule has 1 heterocycles. The summed E-state index contributed by atoms with van der Waals surface area (Å²) in [5.41, 5.74) is 0. The van der Waals surface area contributed by atoms with Crippen LogP contribution in [-0.4, -0.2) is 19.8 Å². The van der Waals surface area contributed by atoms with Gasteiger partial charge in [0.1, 0.15) is 4.21 Å². The maximum atomic E-state index is 12.0. The number of rotatable bonds is 4. The van der Waals surface area contributed by atoms with Crippen LogP contribution in [0.4, 0.5) is 0 Å². The number of alkyl halides is 1. The Labute approximate surface area is 133 Å². The fraction of sp³-hybridized carbons (Fsp3) is 0.600. The van der Waals surface area contributed by atoms with Gasteiger partial charge in [0.15, 0.2) is 0 Å². The largest absolute Gasteiger partial charge is 0.250 e. The summed E-state index contributed by atoms with van der Waals surface area (Å²) in [6.07, 6.45) is 3.20. The lowest BCUT2D eigenvalue weighted by Crippen LogP contribution is -2.28. The van der Waals surface area contributed by atoms with E-state index in [0.717, 1.165) is 30.6 Å². The van der Waals surface area contributed by atoms with E-state index >= 15 is 0 Å². The molecule has 2 unspecified atom stereocenters. The summed E-state index contributed by atoms with van der Waals surface area (Å²) in [7, 11) is -3.43. The lowest BCUT2D eigenvalue weighted by Gasteiger charge is -2.10. The maximum absolute atomic E-state index is 12.0. The smallest absolute Gasteiger partial charge is 0.210 e. The van der Waals surface area contributed by atoms with Crippen LogP contribution in [0, 0.1) is 5.92 Å². The van der Waals surface area contributed by atoms with Gasteiger partial charge in [-0.2, -0.15) is 0 Å². The van der Waals surface area contributed by atoms with Gasteiger partial charge in [-0.15, -0.1) is 11.3 Å². The normalized spacial score (nSPS) is 24.6. The summed E-state index contributed by atoms with van der Waals surface area (Å²) in [6, 6.07) is 1.47. The maximum Gasteiger partial charge on any atom is 0.250 e. The molecule has 1 saturated carbocycles. The molecule has 0 aliphatic heterocycles. The van der Waals surface area contributed by atoms with Crippen molar-refractivity contribution in [2.24, 2.45) is 5.92 Å². The highest BCUT2D eigenvalue weighted by Gasteiger charge is 2.25. The number of sulfonamides is 1. The molecule has 0 aromatic carbocycles. The third-order valence-corrected chi connectivity index (χ3v) is 8.13. The number of nitrogens with one attached hydrogen (secondary N) is 1. The fourth-order valence-corrected chi connectivity index (χ4v) is 6.31. The molecule has 102 valence electrons. The van der Waals surface area contributed by atoms with E-state index in [4.69, 9.17) is 11.6 Å². The third-order valence-electron chi connectivity index (χ3n) is 2.93. The van der Waals surface area contributed by atoms with Crippen LogP contribution in [0.3, 0.4) is 0 Å². The molecule has 0 bridgehead atoms. The number of hydrogen-bond acceptors (Lipinski definition) is 3. The Morgan fingerprint density at radius 2 is 2.22 bits per heavy atom. The van der Waals surface area contributed by atoms with Crippen LogP contribution in [0.5, 0.6) is 0 Å². The van der Waals surface area contributed by atoms with Crippen LogP contribution in [0.15, 0.2) is 14.1 Å². The molecule has 0 spiro atoms. The molecule has 0 radical (unpaired) electrons. The van der Waals surface area contributed by atoms with Gasteiger partial charge in [-0.1, -0.05) is 27.5 Å². The Morgan fingerprint density at radius 1 is 1.50 bits per heavy atom. The van der Waals surface area contributed by atoms with Crippen molar-refractivity contribution in [1.29, 1.82) is 0 Å². The molecule has 1 aromatic rings. The highest BCUT2D eigenvalue weighted by atomic mass is 79.9. The Hall–Kier alpha value is 0.860. The zero-order valence-corrected chi connectivity index (χ0v) is 14.9. The van der Waals surface area contributed by atoms with Crippen molar-refractivity contribution in [3.8, 4) is 0 Å². The molecule has 2 rings (SSSR count). The third kappa shape index (κ3) is 3.70. The van der Waals surface area contributed by atoms with E-state index in [1.807, 2.05) is 0 Å². The average molecular weight is 438 g/mol. The first kappa shape index (κ1) is 15.3. The van der Waals surface area contributed by atoms with E-state index in [-0.39, 0.29) is 4.21 Å². The summed E-state index contributed by atoms with van der Waals surface area (Å²) in [6.45, 7) is 0.498. The van der Waals surface area contributed by atoms with Crippen LogP contribution in [0.2, 0.25) is 5.02 Å². The average Bonchev–Trinajstić information content (AvgIpc) is 2.84. The predicted molar refractivity (Wildman–Crippen MR) is 82.3 cm³/mol. The summed E-state index contributed by atoms with van der Waals surface area (Å²) < 4.78 is 27.7. The summed E-state index contributed by atoms with van der Waals surface area (Å²) >= 11 is 13.8. The van der Waals surface area contributed by atoms with Gasteiger partial charge in [0.2, 0.25) is 10.0 Å². The molecule has 18 heavy (non-hydrogen) atoms. The molecule has 8 heteroatoms. The van der Waals surface area contributed by atoms with Gasteiger partial charge < -0.3 is 0 Å². The highest BCUT2D eigenvalue weighted by molar-refractivity contribution is 9.11. The monoisotopic (exact) mass is 435 g/mol.